The molecule has 4 aliphatic rings. The fraction of sp³-hybridized carbons (Fsp3) is 0.514. The van der Waals surface area contributed by atoms with E-state index in [0.29, 0.717) is 42.2 Å². The van der Waals surface area contributed by atoms with Gasteiger partial charge in [0.1, 0.15) is 17.4 Å². The highest BCUT2D eigenvalue weighted by atomic mass is 32.2. The van der Waals surface area contributed by atoms with Crippen molar-refractivity contribution in [1.82, 2.24) is 10.0 Å². The smallest absolute Gasteiger partial charge is 0.407 e. The first kappa shape index (κ1) is 34.3. The number of carbonyl (C=O) groups is 2. The Kier molecular flexibility index (Phi) is 9.91. The number of guanidine groups is 1. The number of alkyl carbamates (subject to hydrolysis) is 1. The highest BCUT2D eigenvalue weighted by Crippen LogP contribution is 2.51. The zero-order valence-corrected chi connectivity index (χ0v) is 28.5. The Morgan fingerprint density at radius 3 is 2.19 bits per heavy atom. The van der Waals surface area contributed by atoms with Crippen molar-refractivity contribution >= 4 is 28.0 Å². The molecule has 0 bridgehead atoms. The minimum atomic E-state index is -4.02. The van der Waals surface area contributed by atoms with Gasteiger partial charge in [-0.15, -0.1) is 0 Å². The third kappa shape index (κ3) is 7.27. The Labute approximate surface area is 277 Å². The average molecular weight is 667 g/mol. The van der Waals surface area contributed by atoms with Gasteiger partial charge in [-0.2, -0.15) is 0 Å². The molecule has 5 N–H and O–H groups in total. The second-order valence-electron chi connectivity index (χ2n) is 13.6. The van der Waals surface area contributed by atoms with Crippen molar-refractivity contribution in [2.24, 2.45) is 40.3 Å². The number of aliphatic carboxylic acids is 1. The molecule has 1 fully saturated rings. The number of hydrogen-bond acceptors (Lipinski definition) is 7. The maximum atomic E-state index is 13.4. The van der Waals surface area contributed by atoms with Gasteiger partial charge < -0.3 is 25.6 Å². The number of unbranched alkanes of at least 4 members (excludes halogenated alkanes) is 1. The van der Waals surface area contributed by atoms with Gasteiger partial charge in [-0.25, -0.2) is 22.7 Å². The summed E-state index contributed by atoms with van der Waals surface area (Å²) < 4.78 is 40.8. The molecule has 6 atom stereocenters. The van der Waals surface area contributed by atoms with E-state index in [4.69, 9.17) is 15.2 Å². The molecule has 0 radical (unpaired) electrons. The normalized spacial score (nSPS) is 24.7. The van der Waals surface area contributed by atoms with E-state index in [9.17, 15) is 23.1 Å². The molecule has 47 heavy (non-hydrogen) atoms. The van der Waals surface area contributed by atoms with Crippen LogP contribution in [0.3, 0.4) is 0 Å². The van der Waals surface area contributed by atoms with Crippen LogP contribution in [0.2, 0.25) is 0 Å². The SMILES string of the molecule is Cc1c(C)c(S(=O)(=O)NC(N)=NCCCC[C@@H](NC(=O)OCC2[C@@H]3C=CC=C[C@@H]3[C@@H]3C=CC=C[C@@H]23)C(=O)O)c(C)c2c1OC(C)(C)C2. The first-order valence-electron chi connectivity index (χ1n) is 16.2. The summed E-state index contributed by atoms with van der Waals surface area (Å²) in [6.45, 7) is 9.67. The maximum absolute atomic E-state index is 13.4. The molecule has 0 aromatic heterocycles. The molecule has 0 spiro atoms. The number of benzene rings is 1. The molecular weight excluding hydrogens is 620 g/mol. The number of carboxylic acids is 1. The average Bonchev–Trinajstić information content (AvgIpc) is 3.51. The van der Waals surface area contributed by atoms with Crippen LogP contribution in [0.5, 0.6) is 5.75 Å². The summed E-state index contributed by atoms with van der Waals surface area (Å²) in [5, 5.41) is 12.2. The fourth-order valence-corrected chi connectivity index (χ4v) is 9.05. The van der Waals surface area contributed by atoms with E-state index in [1.54, 1.807) is 13.8 Å². The van der Waals surface area contributed by atoms with E-state index in [-0.39, 0.29) is 48.2 Å². The molecule has 1 aromatic carbocycles. The van der Waals surface area contributed by atoms with Crippen molar-refractivity contribution in [3.63, 3.8) is 0 Å². The number of amides is 1. The molecule has 12 heteroatoms. The monoisotopic (exact) mass is 666 g/mol. The summed E-state index contributed by atoms with van der Waals surface area (Å²) >= 11 is 0. The van der Waals surface area contributed by atoms with Gasteiger partial charge in [0.15, 0.2) is 0 Å². The number of nitrogens with two attached hydrogens (primary N) is 1. The van der Waals surface area contributed by atoms with Gasteiger partial charge >= 0.3 is 12.1 Å². The summed E-state index contributed by atoms with van der Waals surface area (Å²) in [5.74, 6) is 0.610. The zero-order valence-electron chi connectivity index (χ0n) is 27.7. The Hall–Kier alpha value is -4.06. The summed E-state index contributed by atoms with van der Waals surface area (Å²) in [5.41, 5.74) is 8.41. The fourth-order valence-electron chi connectivity index (χ4n) is 7.53. The Morgan fingerprint density at radius 1 is 1.00 bits per heavy atom. The van der Waals surface area contributed by atoms with Gasteiger partial charge in [-0.3, -0.25) is 4.99 Å². The van der Waals surface area contributed by atoms with Gasteiger partial charge in [-0.05, 0) is 94.2 Å². The number of sulfonamides is 1. The summed E-state index contributed by atoms with van der Waals surface area (Å²) in [6.07, 6.45) is 17.8. The standard InChI is InChI=1S/C35H46N4O7S/c1-20-21(2)31(22(3)27-18-35(4,5)46-30(20)27)47(43,44)39-33(36)37-17-11-10-16-29(32(40)41)38-34(42)45-19-28-25-14-8-6-12-23(25)24-13-7-9-15-26(24)28/h6-9,12-15,23-26,28-29H,10-11,16-19H2,1-5H3,(H,38,42)(H,40,41)(H3,36,37,39)/t23-,24+,25-,26-,28?,29-/m1/s1. The van der Waals surface area contributed by atoms with Crippen LogP contribution in [0.1, 0.15) is 55.4 Å². The van der Waals surface area contributed by atoms with Crippen molar-refractivity contribution in [1.29, 1.82) is 0 Å². The number of ether oxygens (including phenoxy) is 2. The predicted molar refractivity (Wildman–Crippen MR) is 180 cm³/mol. The van der Waals surface area contributed by atoms with Crippen LogP contribution in [0.15, 0.2) is 58.5 Å². The van der Waals surface area contributed by atoms with Crippen molar-refractivity contribution in [2.75, 3.05) is 13.2 Å². The van der Waals surface area contributed by atoms with Gasteiger partial charge in [0, 0.05) is 24.4 Å². The number of hydrogen-bond donors (Lipinski definition) is 4. The van der Waals surface area contributed by atoms with Crippen LogP contribution in [-0.2, 0) is 26.0 Å². The molecule has 11 nitrogen and oxygen atoms in total. The van der Waals surface area contributed by atoms with Crippen LogP contribution >= 0.6 is 0 Å². The van der Waals surface area contributed by atoms with Crippen LogP contribution in [0, 0.1) is 50.4 Å². The first-order valence-corrected chi connectivity index (χ1v) is 17.7. The second kappa shape index (κ2) is 13.6. The molecular formula is C35H46N4O7S. The quantitative estimate of drug-likeness (QED) is 0.151. The summed E-state index contributed by atoms with van der Waals surface area (Å²) in [4.78, 5) is 28.9. The lowest BCUT2D eigenvalue weighted by Gasteiger charge is -2.24. The Balaban J connectivity index is 1.10. The van der Waals surface area contributed by atoms with E-state index in [0.717, 1.165) is 16.9 Å². The number of carbonyl (C=O) groups excluding carboxylic acids is 1. The van der Waals surface area contributed by atoms with Crippen molar-refractivity contribution in [2.45, 2.75) is 76.8 Å². The van der Waals surface area contributed by atoms with Crippen molar-refractivity contribution in [3.05, 3.63) is 70.9 Å². The topological polar surface area (TPSA) is 169 Å². The number of nitrogens with one attached hydrogen (secondary N) is 2. The lowest BCUT2D eigenvalue weighted by molar-refractivity contribution is -0.139. The molecule has 3 aliphatic carbocycles. The van der Waals surface area contributed by atoms with Crippen LogP contribution in [0.4, 0.5) is 4.79 Å². The molecule has 0 saturated heterocycles. The molecule has 1 unspecified atom stereocenters. The Bertz CT molecular complexity index is 1640. The lowest BCUT2D eigenvalue weighted by Crippen LogP contribution is -2.41. The van der Waals surface area contributed by atoms with Gasteiger partial charge in [0.25, 0.3) is 10.0 Å². The molecule has 1 aromatic rings. The maximum Gasteiger partial charge on any atom is 0.407 e. The number of allylic oxidation sites excluding steroid dienone is 8. The van der Waals surface area contributed by atoms with Crippen molar-refractivity contribution < 1.29 is 32.6 Å². The van der Waals surface area contributed by atoms with E-state index < -0.39 is 33.7 Å². The highest BCUT2D eigenvalue weighted by Gasteiger charge is 2.47. The van der Waals surface area contributed by atoms with E-state index in [1.165, 1.54) is 0 Å². The molecule has 5 rings (SSSR count). The number of aliphatic imine (C=N–C) groups is 1. The largest absolute Gasteiger partial charge is 0.487 e. The van der Waals surface area contributed by atoms with E-state index >= 15 is 0 Å². The predicted octanol–water partition coefficient (Wildman–Crippen LogP) is 4.61. The lowest BCUT2D eigenvalue weighted by atomic mass is 9.83. The molecule has 1 amide bonds. The van der Waals surface area contributed by atoms with Gasteiger partial charge in [-0.1, -0.05) is 48.6 Å². The third-order valence-corrected chi connectivity index (χ3v) is 11.5. The molecule has 1 heterocycles. The van der Waals surface area contributed by atoms with Crippen LogP contribution in [-0.4, -0.2) is 56.3 Å². The number of nitrogens with zero attached hydrogens (tertiary/aromatic N) is 1. The first-order chi connectivity index (χ1) is 22.2. The summed E-state index contributed by atoms with van der Waals surface area (Å²) in [7, 11) is -4.02. The Morgan fingerprint density at radius 2 is 1.60 bits per heavy atom. The molecule has 1 saturated carbocycles. The van der Waals surface area contributed by atoms with Crippen LogP contribution < -0.4 is 20.5 Å². The minimum absolute atomic E-state index is 0.0999. The van der Waals surface area contributed by atoms with Gasteiger partial charge in [0.05, 0.1) is 11.5 Å². The number of rotatable bonds is 11. The van der Waals surface area contributed by atoms with Crippen molar-refractivity contribution in [3.8, 4) is 5.75 Å². The molecule has 254 valence electrons. The van der Waals surface area contributed by atoms with Crippen LogP contribution in [0.25, 0.3) is 0 Å². The highest BCUT2D eigenvalue weighted by molar-refractivity contribution is 7.90. The third-order valence-electron chi connectivity index (χ3n) is 9.86. The molecule has 1 aliphatic heterocycles. The van der Waals surface area contributed by atoms with E-state index in [2.05, 4.69) is 51.5 Å². The minimum Gasteiger partial charge on any atom is -0.487 e. The van der Waals surface area contributed by atoms with E-state index in [1.807, 2.05) is 32.9 Å². The second-order valence-corrected chi connectivity index (χ2v) is 15.2. The zero-order chi connectivity index (χ0) is 34.1. The summed E-state index contributed by atoms with van der Waals surface area (Å²) in [6, 6.07) is -1.13. The number of carboxylic acid groups (broad SMARTS) is 1. The number of fused-ring (bicyclic) bond motifs is 4. The van der Waals surface area contributed by atoms with Gasteiger partial charge in [0.2, 0.25) is 5.96 Å².